The number of anilines is 1. The number of sulfonamides is 1. The molecule has 1 amide bonds. The summed E-state index contributed by atoms with van der Waals surface area (Å²) in [6.45, 7) is 4.35. The molecule has 1 aliphatic rings. The van der Waals surface area contributed by atoms with Crippen molar-refractivity contribution in [2.75, 3.05) is 24.7 Å². The van der Waals surface area contributed by atoms with Gasteiger partial charge in [-0.05, 0) is 31.7 Å². The van der Waals surface area contributed by atoms with E-state index in [1.165, 1.54) is 15.6 Å². The van der Waals surface area contributed by atoms with Gasteiger partial charge < -0.3 is 10.4 Å². The number of thiophene rings is 1. The lowest BCUT2D eigenvalue weighted by atomic mass is 9.97. The number of piperidine rings is 1. The van der Waals surface area contributed by atoms with Gasteiger partial charge in [0, 0.05) is 23.9 Å². The van der Waals surface area contributed by atoms with Gasteiger partial charge >= 0.3 is 5.97 Å². The number of nitrogens with zero attached hydrogens (tertiary/aromatic N) is 1. The Labute approximate surface area is 145 Å². The Hall–Kier alpha value is -1.45. The molecular weight excluding hydrogens is 352 g/mol. The monoisotopic (exact) mass is 374 g/mol. The third kappa shape index (κ3) is 3.96. The topological polar surface area (TPSA) is 104 Å². The van der Waals surface area contributed by atoms with Gasteiger partial charge in [0.25, 0.3) is 0 Å². The van der Waals surface area contributed by atoms with Gasteiger partial charge in [0.15, 0.2) is 0 Å². The molecule has 2 rings (SSSR count). The van der Waals surface area contributed by atoms with Gasteiger partial charge in [0.1, 0.15) is 5.00 Å². The van der Waals surface area contributed by atoms with Crippen LogP contribution in [0.2, 0.25) is 0 Å². The highest BCUT2D eigenvalue weighted by Gasteiger charge is 2.30. The summed E-state index contributed by atoms with van der Waals surface area (Å²) >= 11 is 1.27. The van der Waals surface area contributed by atoms with Gasteiger partial charge in [-0.2, -0.15) is 0 Å². The molecule has 0 bridgehead atoms. The molecule has 0 radical (unpaired) electrons. The quantitative estimate of drug-likeness (QED) is 0.819. The molecule has 2 heterocycles. The largest absolute Gasteiger partial charge is 0.478 e. The number of carbonyl (C=O) groups excluding carboxylic acids is 1. The summed E-state index contributed by atoms with van der Waals surface area (Å²) in [5.74, 6) is -1.59. The number of amides is 1. The minimum absolute atomic E-state index is 0.168. The molecule has 7 nitrogen and oxygen atoms in total. The number of aromatic carboxylic acids is 1. The van der Waals surface area contributed by atoms with Crippen molar-refractivity contribution in [1.82, 2.24) is 4.31 Å². The van der Waals surface area contributed by atoms with Crippen LogP contribution in [0.5, 0.6) is 0 Å². The molecule has 1 aromatic rings. The van der Waals surface area contributed by atoms with E-state index in [0.29, 0.717) is 37.4 Å². The Morgan fingerprint density at radius 3 is 2.38 bits per heavy atom. The molecule has 0 saturated carbocycles. The van der Waals surface area contributed by atoms with Crippen LogP contribution in [0.3, 0.4) is 0 Å². The van der Waals surface area contributed by atoms with Crippen molar-refractivity contribution in [1.29, 1.82) is 0 Å². The van der Waals surface area contributed by atoms with Crippen LogP contribution < -0.4 is 5.32 Å². The van der Waals surface area contributed by atoms with Crippen LogP contribution in [0.15, 0.2) is 0 Å². The average Bonchev–Trinajstić information content (AvgIpc) is 2.81. The molecule has 0 atom stereocenters. The zero-order valence-corrected chi connectivity index (χ0v) is 15.6. The summed E-state index contributed by atoms with van der Waals surface area (Å²) in [6, 6.07) is 0. The van der Waals surface area contributed by atoms with Gasteiger partial charge in [0.05, 0.1) is 11.8 Å². The van der Waals surface area contributed by atoms with Crippen molar-refractivity contribution in [3.63, 3.8) is 0 Å². The number of rotatable bonds is 5. The molecule has 0 aliphatic carbocycles. The number of nitrogens with one attached hydrogen (secondary N) is 1. The molecule has 1 fully saturated rings. The number of hydrogen-bond acceptors (Lipinski definition) is 5. The standard InChI is InChI=1S/C15H22N2O5S2/c1-4-11-9(2)23-14(12(11)15(19)20)16-13(18)10-5-7-17(8-6-10)24(3,21)22/h10H,4-8H2,1-3H3,(H,16,18)(H,19,20). The molecule has 134 valence electrons. The molecule has 9 heteroatoms. The van der Waals surface area contributed by atoms with E-state index in [2.05, 4.69) is 5.32 Å². The molecule has 1 saturated heterocycles. The first-order chi connectivity index (χ1) is 11.1. The predicted octanol–water partition coefficient (Wildman–Crippen LogP) is 1.93. The molecular formula is C15H22N2O5S2. The van der Waals surface area contributed by atoms with Gasteiger partial charge in [-0.1, -0.05) is 6.92 Å². The second kappa shape index (κ2) is 7.20. The number of hydrogen-bond donors (Lipinski definition) is 2. The molecule has 0 unspecified atom stereocenters. The summed E-state index contributed by atoms with van der Waals surface area (Å²) < 4.78 is 24.4. The Balaban J connectivity index is 2.10. The fraction of sp³-hybridized carbons (Fsp3) is 0.600. The Morgan fingerprint density at radius 2 is 1.92 bits per heavy atom. The zero-order chi connectivity index (χ0) is 18.1. The maximum Gasteiger partial charge on any atom is 0.339 e. The molecule has 0 aromatic carbocycles. The molecule has 24 heavy (non-hydrogen) atoms. The first-order valence-electron chi connectivity index (χ1n) is 7.76. The lowest BCUT2D eigenvalue weighted by Gasteiger charge is -2.29. The van der Waals surface area contributed by atoms with Crippen LogP contribution in [0, 0.1) is 12.8 Å². The van der Waals surface area contributed by atoms with Gasteiger partial charge in [0.2, 0.25) is 15.9 Å². The minimum Gasteiger partial charge on any atom is -0.478 e. The van der Waals surface area contributed by atoms with Crippen LogP contribution in [0.25, 0.3) is 0 Å². The Bertz CT molecular complexity index is 746. The fourth-order valence-electron chi connectivity index (χ4n) is 2.98. The summed E-state index contributed by atoms with van der Waals surface area (Å²) in [5.41, 5.74) is 0.914. The van der Waals surface area contributed by atoms with E-state index < -0.39 is 16.0 Å². The minimum atomic E-state index is -3.23. The van der Waals surface area contributed by atoms with E-state index in [9.17, 15) is 23.1 Å². The third-order valence-corrected chi connectivity index (χ3v) is 6.67. The first-order valence-corrected chi connectivity index (χ1v) is 10.4. The highest BCUT2D eigenvalue weighted by molar-refractivity contribution is 7.88. The smallest absolute Gasteiger partial charge is 0.339 e. The molecule has 1 aliphatic heterocycles. The van der Waals surface area contributed by atoms with Gasteiger partial charge in [-0.25, -0.2) is 17.5 Å². The third-order valence-electron chi connectivity index (χ3n) is 4.31. The summed E-state index contributed by atoms with van der Waals surface area (Å²) in [6.07, 6.45) is 2.62. The predicted molar refractivity (Wildman–Crippen MR) is 93.2 cm³/mol. The number of aryl methyl sites for hydroxylation is 1. The van der Waals surface area contributed by atoms with E-state index in [-0.39, 0.29) is 17.4 Å². The van der Waals surface area contributed by atoms with E-state index >= 15 is 0 Å². The van der Waals surface area contributed by atoms with E-state index in [1.807, 2.05) is 13.8 Å². The lowest BCUT2D eigenvalue weighted by molar-refractivity contribution is -0.120. The average molecular weight is 374 g/mol. The molecule has 1 aromatic heterocycles. The fourth-order valence-corrected chi connectivity index (χ4v) is 5.00. The lowest BCUT2D eigenvalue weighted by Crippen LogP contribution is -2.40. The van der Waals surface area contributed by atoms with E-state index in [4.69, 9.17) is 0 Å². The Kier molecular flexibility index (Phi) is 5.67. The van der Waals surface area contributed by atoms with E-state index in [1.54, 1.807) is 0 Å². The molecule has 2 N–H and O–H groups in total. The van der Waals surface area contributed by atoms with Crippen molar-refractivity contribution in [3.05, 3.63) is 16.0 Å². The number of carboxylic acid groups (broad SMARTS) is 1. The SMILES string of the molecule is CCc1c(C)sc(NC(=O)C2CCN(S(C)(=O)=O)CC2)c1C(=O)O. The van der Waals surface area contributed by atoms with Gasteiger partial charge in [-0.15, -0.1) is 11.3 Å². The zero-order valence-electron chi connectivity index (χ0n) is 14.0. The van der Waals surface area contributed by atoms with Crippen LogP contribution in [-0.4, -0.2) is 49.1 Å². The van der Waals surface area contributed by atoms with Crippen molar-refractivity contribution in [3.8, 4) is 0 Å². The normalized spacial score (nSPS) is 17.0. The second-order valence-corrected chi connectivity index (χ2v) is 9.13. The number of carboxylic acids is 1. The van der Waals surface area contributed by atoms with Crippen LogP contribution in [0.1, 0.15) is 40.6 Å². The first kappa shape index (κ1) is 18.9. The highest BCUT2D eigenvalue weighted by atomic mass is 32.2. The van der Waals surface area contributed by atoms with Crippen molar-refractivity contribution in [2.24, 2.45) is 5.92 Å². The van der Waals surface area contributed by atoms with Crippen LogP contribution in [-0.2, 0) is 21.2 Å². The summed E-state index contributed by atoms with van der Waals surface area (Å²) in [5, 5.41) is 12.5. The maximum atomic E-state index is 12.4. The maximum absolute atomic E-state index is 12.4. The van der Waals surface area contributed by atoms with Crippen LogP contribution in [0.4, 0.5) is 5.00 Å². The Morgan fingerprint density at radius 1 is 1.33 bits per heavy atom. The van der Waals surface area contributed by atoms with Crippen molar-refractivity contribution >= 4 is 38.2 Å². The van der Waals surface area contributed by atoms with E-state index in [0.717, 1.165) is 16.7 Å². The number of carbonyl (C=O) groups is 2. The summed E-state index contributed by atoms with van der Waals surface area (Å²) in [4.78, 5) is 24.8. The summed E-state index contributed by atoms with van der Waals surface area (Å²) in [7, 11) is -3.23. The van der Waals surface area contributed by atoms with Crippen molar-refractivity contribution < 1.29 is 23.1 Å². The van der Waals surface area contributed by atoms with Crippen LogP contribution >= 0.6 is 11.3 Å². The second-order valence-electron chi connectivity index (χ2n) is 5.93. The van der Waals surface area contributed by atoms with Gasteiger partial charge in [-0.3, -0.25) is 4.79 Å². The van der Waals surface area contributed by atoms with Crippen molar-refractivity contribution in [2.45, 2.75) is 33.1 Å². The highest BCUT2D eigenvalue weighted by Crippen LogP contribution is 2.34. The molecule has 0 spiro atoms.